The molecule has 0 aromatic heterocycles. The summed E-state index contributed by atoms with van der Waals surface area (Å²) in [6.45, 7) is 3.41. The van der Waals surface area contributed by atoms with Crippen molar-refractivity contribution in [2.75, 3.05) is 6.61 Å². The number of fused-ring (bicyclic) bond motifs is 1. The number of Topliss-reactive ketones (excluding diaryl/α,β-unsaturated/α-hetero) is 2. The summed E-state index contributed by atoms with van der Waals surface area (Å²) in [4.78, 5) is 24.8. The predicted molar refractivity (Wildman–Crippen MR) is 67.9 cm³/mol. The number of ketones is 2. The first kappa shape index (κ1) is 12.1. The molecule has 19 heavy (non-hydrogen) atoms. The number of benzene rings is 1. The van der Waals surface area contributed by atoms with E-state index in [1.165, 1.54) is 0 Å². The zero-order valence-corrected chi connectivity index (χ0v) is 10.8. The Bertz CT molecular complexity index is 619. The molecule has 0 bridgehead atoms. The Labute approximate surface area is 110 Å². The number of ether oxygens (including phenoxy) is 1. The van der Waals surface area contributed by atoms with Gasteiger partial charge in [0.05, 0.1) is 23.7 Å². The van der Waals surface area contributed by atoms with Gasteiger partial charge in [0.2, 0.25) is 5.78 Å². The number of allylic oxidation sites excluding steroid dienone is 1. The molecule has 1 aromatic carbocycles. The van der Waals surface area contributed by atoms with Gasteiger partial charge in [-0.2, -0.15) is 0 Å². The second-order valence-corrected chi connectivity index (χ2v) is 5.46. The second-order valence-electron chi connectivity index (χ2n) is 5.46. The molecule has 1 atom stereocenters. The summed E-state index contributed by atoms with van der Waals surface area (Å²) in [5, 5.41) is 10.1. The van der Waals surface area contributed by atoms with Crippen LogP contribution in [-0.2, 0) is 4.74 Å². The molecule has 1 aromatic rings. The number of aliphatic hydroxyl groups is 1. The van der Waals surface area contributed by atoms with Crippen molar-refractivity contribution in [3.63, 3.8) is 0 Å². The highest BCUT2D eigenvalue weighted by atomic mass is 16.5. The molecule has 1 N–H and O–H groups in total. The zero-order chi connectivity index (χ0) is 13.8. The number of hydrogen-bond donors (Lipinski definition) is 1. The van der Waals surface area contributed by atoms with Gasteiger partial charge in [-0.25, -0.2) is 0 Å². The van der Waals surface area contributed by atoms with Gasteiger partial charge in [0, 0.05) is 11.1 Å². The molecule has 1 aliphatic carbocycles. The van der Waals surface area contributed by atoms with Crippen molar-refractivity contribution in [2.24, 2.45) is 5.92 Å². The Hall–Kier alpha value is -1.94. The Morgan fingerprint density at radius 3 is 2.32 bits per heavy atom. The molecule has 98 valence electrons. The van der Waals surface area contributed by atoms with Gasteiger partial charge >= 0.3 is 0 Å². The van der Waals surface area contributed by atoms with E-state index in [2.05, 4.69) is 0 Å². The van der Waals surface area contributed by atoms with Crippen LogP contribution in [0.5, 0.6) is 0 Å². The average Bonchev–Trinajstić information content (AvgIpc) is 2.81. The van der Waals surface area contributed by atoms with E-state index in [1.807, 2.05) is 0 Å². The number of carbonyl (C=O) groups excluding carboxylic acids is 2. The molecule has 3 rings (SSSR count). The van der Waals surface area contributed by atoms with Crippen molar-refractivity contribution >= 4 is 11.6 Å². The predicted octanol–water partition coefficient (Wildman–Crippen LogP) is 1.74. The number of rotatable bonds is 1. The minimum absolute atomic E-state index is 0.107. The van der Waals surface area contributed by atoms with Gasteiger partial charge in [0.25, 0.3) is 0 Å². The first-order valence-corrected chi connectivity index (χ1v) is 6.19. The minimum Gasteiger partial charge on any atom is -0.488 e. The van der Waals surface area contributed by atoms with Crippen LogP contribution in [0.2, 0.25) is 0 Å². The summed E-state index contributed by atoms with van der Waals surface area (Å²) in [5.74, 6) is -0.838. The van der Waals surface area contributed by atoms with Crippen molar-refractivity contribution in [3.8, 4) is 0 Å². The Kier molecular flexibility index (Phi) is 2.41. The maximum absolute atomic E-state index is 12.5. The Balaban J connectivity index is 2.17. The second kappa shape index (κ2) is 3.78. The van der Waals surface area contributed by atoms with Gasteiger partial charge in [0.1, 0.15) is 0 Å². The largest absolute Gasteiger partial charge is 0.488 e. The van der Waals surface area contributed by atoms with Gasteiger partial charge in [-0.3, -0.25) is 9.59 Å². The lowest BCUT2D eigenvalue weighted by Crippen LogP contribution is -2.36. The first-order valence-electron chi connectivity index (χ1n) is 6.19. The van der Waals surface area contributed by atoms with Gasteiger partial charge in [-0.05, 0) is 13.8 Å². The van der Waals surface area contributed by atoms with E-state index >= 15 is 0 Å². The van der Waals surface area contributed by atoms with Crippen molar-refractivity contribution < 1.29 is 19.4 Å². The highest BCUT2D eigenvalue weighted by Crippen LogP contribution is 2.40. The number of hydrogen-bond acceptors (Lipinski definition) is 4. The highest BCUT2D eigenvalue weighted by molar-refractivity contribution is 6.26. The van der Waals surface area contributed by atoms with E-state index in [0.717, 1.165) is 0 Å². The molecule has 0 amide bonds. The summed E-state index contributed by atoms with van der Waals surface area (Å²) in [5.41, 5.74) is -0.0101. The lowest BCUT2D eigenvalue weighted by Gasteiger charge is -2.26. The van der Waals surface area contributed by atoms with Crippen molar-refractivity contribution in [2.45, 2.75) is 19.4 Å². The highest BCUT2D eigenvalue weighted by Gasteiger charge is 2.46. The van der Waals surface area contributed by atoms with Crippen molar-refractivity contribution in [1.29, 1.82) is 0 Å². The fourth-order valence-electron chi connectivity index (χ4n) is 2.64. The molecular weight excluding hydrogens is 244 g/mol. The van der Waals surface area contributed by atoms with Crippen LogP contribution >= 0.6 is 0 Å². The van der Waals surface area contributed by atoms with Crippen LogP contribution in [0.1, 0.15) is 34.6 Å². The molecular formula is C15H14O4. The molecule has 0 fully saturated rings. The Morgan fingerprint density at radius 1 is 1.16 bits per heavy atom. The van der Waals surface area contributed by atoms with Gasteiger partial charge in [0.15, 0.2) is 11.5 Å². The summed E-state index contributed by atoms with van der Waals surface area (Å²) in [7, 11) is 0. The zero-order valence-electron chi connectivity index (χ0n) is 10.8. The Morgan fingerprint density at radius 2 is 1.74 bits per heavy atom. The SMILES string of the molecule is CC(C)(O)[C@@H]1COC2=C1C(=O)c1ccccc1C2=O. The van der Waals surface area contributed by atoms with E-state index in [9.17, 15) is 14.7 Å². The molecule has 4 heteroatoms. The summed E-state index contributed by atoms with van der Waals surface area (Å²) < 4.78 is 5.38. The molecule has 0 spiro atoms. The maximum Gasteiger partial charge on any atom is 0.228 e. The molecule has 2 aliphatic rings. The fourth-order valence-corrected chi connectivity index (χ4v) is 2.64. The van der Waals surface area contributed by atoms with E-state index in [1.54, 1.807) is 38.1 Å². The standard InChI is InChI=1S/C15H14O4/c1-15(2,18)10-7-19-14-11(10)12(16)8-5-3-4-6-9(8)13(14)17/h3-6,10,18H,7H2,1-2H3/t10-/m1/s1. The van der Waals surface area contributed by atoms with Crippen LogP contribution in [0.4, 0.5) is 0 Å². The first-order chi connectivity index (χ1) is 8.91. The van der Waals surface area contributed by atoms with E-state index < -0.39 is 11.5 Å². The molecule has 4 nitrogen and oxygen atoms in total. The fraction of sp³-hybridized carbons (Fsp3) is 0.333. The van der Waals surface area contributed by atoms with Crippen LogP contribution in [0.25, 0.3) is 0 Å². The lowest BCUT2D eigenvalue weighted by molar-refractivity contribution is 0.0163. The van der Waals surface area contributed by atoms with Crippen molar-refractivity contribution in [3.05, 3.63) is 46.7 Å². The summed E-state index contributed by atoms with van der Waals surface area (Å²) >= 11 is 0. The van der Waals surface area contributed by atoms with Crippen LogP contribution < -0.4 is 0 Å². The molecule has 1 aliphatic heterocycles. The smallest absolute Gasteiger partial charge is 0.228 e. The van der Waals surface area contributed by atoms with Crippen LogP contribution in [0, 0.1) is 5.92 Å². The average molecular weight is 258 g/mol. The quantitative estimate of drug-likeness (QED) is 0.833. The van der Waals surface area contributed by atoms with Gasteiger partial charge in [-0.1, -0.05) is 24.3 Å². The minimum atomic E-state index is -1.10. The summed E-state index contributed by atoms with van der Waals surface area (Å²) in [6, 6.07) is 6.71. The third-order valence-electron chi connectivity index (χ3n) is 3.71. The third-order valence-corrected chi connectivity index (χ3v) is 3.71. The lowest BCUT2D eigenvalue weighted by atomic mass is 9.78. The monoisotopic (exact) mass is 258 g/mol. The van der Waals surface area contributed by atoms with Gasteiger partial charge < -0.3 is 9.84 Å². The molecule has 0 radical (unpaired) electrons. The molecule has 0 saturated carbocycles. The topological polar surface area (TPSA) is 63.6 Å². The van der Waals surface area contributed by atoms with Crippen LogP contribution in [0.3, 0.4) is 0 Å². The molecule has 1 heterocycles. The van der Waals surface area contributed by atoms with Crippen molar-refractivity contribution in [1.82, 2.24) is 0 Å². The maximum atomic E-state index is 12.5. The normalized spacial score (nSPS) is 22.2. The van der Waals surface area contributed by atoms with E-state index in [0.29, 0.717) is 16.7 Å². The van der Waals surface area contributed by atoms with Crippen LogP contribution in [-0.4, -0.2) is 28.9 Å². The summed E-state index contributed by atoms with van der Waals surface area (Å²) in [6.07, 6.45) is 0. The third kappa shape index (κ3) is 1.64. The molecule has 0 unspecified atom stereocenters. The van der Waals surface area contributed by atoms with Crippen LogP contribution in [0.15, 0.2) is 35.6 Å². The van der Waals surface area contributed by atoms with E-state index in [4.69, 9.17) is 4.74 Å². The molecule has 0 saturated heterocycles. The number of carbonyl (C=O) groups is 2. The van der Waals surface area contributed by atoms with Gasteiger partial charge in [-0.15, -0.1) is 0 Å². The van der Waals surface area contributed by atoms with E-state index in [-0.39, 0.29) is 23.9 Å².